The van der Waals surface area contributed by atoms with Gasteiger partial charge in [-0.05, 0) is 31.0 Å². The molecule has 27 heavy (non-hydrogen) atoms. The van der Waals surface area contributed by atoms with Crippen LogP contribution in [0.2, 0.25) is 5.02 Å². The molecule has 8 nitrogen and oxygen atoms in total. The summed E-state index contributed by atoms with van der Waals surface area (Å²) in [5.74, 6) is -0.390. The summed E-state index contributed by atoms with van der Waals surface area (Å²) in [5.41, 5.74) is 0.395. The molecule has 0 radical (unpaired) electrons. The van der Waals surface area contributed by atoms with Gasteiger partial charge >= 0.3 is 0 Å². The van der Waals surface area contributed by atoms with E-state index in [9.17, 15) is 18.0 Å². The molecule has 1 unspecified atom stereocenters. The number of ether oxygens (including phenoxy) is 1. The number of benzene rings is 1. The lowest BCUT2D eigenvalue weighted by Crippen LogP contribution is -2.52. The Hall–Kier alpha value is -1.84. The minimum Gasteiger partial charge on any atom is -0.495 e. The molecule has 10 heteroatoms. The Balaban J connectivity index is 2.05. The van der Waals surface area contributed by atoms with Gasteiger partial charge in [0.15, 0.2) is 0 Å². The second kappa shape index (κ2) is 8.90. The molecular formula is C17H24ClN3O5S. The summed E-state index contributed by atoms with van der Waals surface area (Å²) in [6, 6.07) is 4.03. The lowest BCUT2D eigenvalue weighted by Gasteiger charge is -2.34. The maximum atomic E-state index is 12.7. The predicted molar refractivity (Wildman–Crippen MR) is 103 cm³/mol. The van der Waals surface area contributed by atoms with Crippen molar-refractivity contribution in [3.05, 3.63) is 23.2 Å². The number of sulfonamides is 1. The maximum Gasteiger partial charge on any atom is 0.244 e. The molecule has 150 valence electrons. The standard InChI is InChI=1S/C17H24ClN3O5S/c1-20(17(23)14-6-4-5-9-21(14)27(3,24)25)11-16(22)19-13-10-12(18)7-8-15(13)26-2/h7-8,10,14H,4-6,9,11H2,1-3H3,(H,19,22). The molecule has 1 aromatic carbocycles. The number of nitrogens with zero attached hydrogens (tertiary/aromatic N) is 2. The Morgan fingerprint density at radius 1 is 1.37 bits per heavy atom. The first kappa shape index (κ1) is 21.5. The quantitative estimate of drug-likeness (QED) is 0.757. The number of hydrogen-bond donors (Lipinski definition) is 1. The van der Waals surface area contributed by atoms with E-state index in [0.717, 1.165) is 19.1 Å². The molecule has 0 saturated carbocycles. The topological polar surface area (TPSA) is 96.0 Å². The first-order chi connectivity index (χ1) is 12.6. The van der Waals surface area contributed by atoms with Crippen LogP contribution in [0.3, 0.4) is 0 Å². The number of halogens is 1. The van der Waals surface area contributed by atoms with Crippen molar-refractivity contribution >= 4 is 39.1 Å². The minimum atomic E-state index is -3.49. The summed E-state index contributed by atoms with van der Waals surface area (Å²) in [6.45, 7) is 0.0948. The SMILES string of the molecule is COc1ccc(Cl)cc1NC(=O)CN(C)C(=O)C1CCCCN1S(C)(=O)=O. The van der Waals surface area contributed by atoms with Crippen molar-refractivity contribution < 1.29 is 22.7 Å². The van der Waals surface area contributed by atoms with E-state index in [0.29, 0.717) is 29.4 Å². The van der Waals surface area contributed by atoms with Gasteiger partial charge in [0, 0.05) is 18.6 Å². The molecule has 1 fully saturated rings. The number of piperidine rings is 1. The zero-order valence-corrected chi connectivity index (χ0v) is 17.1. The van der Waals surface area contributed by atoms with Gasteiger partial charge in [-0.15, -0.1) is 0 Å². The fourth-order valence-corrected chi connectivity index (χ4v) is 4.35. The van der Waals surface area contributed by atoms with Crippen LogP contribution in [0, 0.1) is 0 Å². The number of carbonyl (C=O) groups is 2. The van der Waals surface area contributed by atoms with Gasteiger partial charge < -0.3 is 15.0 Å². The van der Waals surface area contributed by atoms with Crippen LogP contribution in [0.5, 0.6) is 5.75 Å². The molecule has 0 spiro atoms. The summed E-state index contributed by atoms with van der Waals surface area (Å²) in [6.07, 6.45) is 3.02. The van der Waals surface area contributed by atoms with Crippen LogP contribution < -0.4 is 10.1 Å². The molecular weight excluding hydrogens is 394 g/mol. The Kier molecular flexibility index (Phi) is 7.07. The highest BCUT2D eigenvalue weighted by atomic mass is 35.5. The van der Waals surface area contributed by atoms with E-state index in [-0.39, 0.29) is 6.54 Å². The summed E-state index contributed by atoms with van der Waals surface area (Å²) >= 11 is 5.94. The molecule has 1 saturated heterocycles. The van der Waals surface area contributed by atoms with E-state index in [1.807, 2.05) is 0 Å². The van der Waals surface area contributed by atoms with Crippen LogP contribution in [0.15, 0.2) is 18.2 Å². The average Bonchev–Trinajstić information content (AvgIpc) is 2.60. The Bertz CT molecular complexity index is 815. The zero-order valence-electron chi connectivity index (χ0n) is 15.6. The molecule has 1 heterocycles. The van der Waals surface area contributed by atoms with Crippen LogP contribution in [0.25, 0.3) is 0 Å². The number of methoxy groups -OCH3 is 1. The summed E-state index contributed by atoms with van der Waals surface area (Å²) in [5, 5.41) is 3.09. The first-order valence-corrected chi connectivity index (χ1v) is 10.7. The smallest absolute Gasteiger partial charge is 0.244 e. The normalized spacial score (nSPS) is 18.0. The second-order valence-electron chi connectivity index (χ2n) is 6.47. The van der Waals surface area contributed by atoms with Crippen LogP contribution in [-0.4, -0.2) is 69.0 Å². The van der Waals surface area contributed by atoms with E-state index >= 15 is 0 Å². The highest BCUT2D eigenvalue weighted by Gasteiger charge is 2.36. The van der Waals surface area contributed by atoms with E-state index in [1.165, 1.54) is 23.4 Å². The van der Waals surface area contributed by atoms with E-state index in [1.54, 1.807) is 18.2 Å². The molecule has 0 aliphatic carbocycles. The second-order valence-corrected chi connectivity index (χ2v) is 8.84. The van der Waals surface area contributed by atoms with Gasteiger partial charge in [0.1, 0.15) is 11.8 Å². The monoisotopic (exact) mass is 417 g/mol. The van der Waals surface area contributed by atoms with E-state index in [2.05, 4.69) is 5.32 Å². The molecule has 1 atom stereocenters. The van der Waals surface area contributed by atoms with Crippen molar-refractivity contribution in [2.24, 2.45) is 0 Å². The largest absolute Gasteiger partial charge is 0.495 e. The average molecular weight is 418 g/mol. The molecule has 0 aromatic heterocycles. The van der Waals surface area contributed by atoms with Gasteiger partial charge in [0.25, 0.3) is 0 Å². The number of likely N-dealkylation sites (N-methyl/N-ethyl adjacent to an activating group) is 1. The predicted octanol–water partition coefficient (Wildman–Crippen LogP) is 1.56. The van der Waals surface area contributed by atoms with Crippen LogP contribution in [0.1, 0.15) is 19.3 Å². The third-order valence-corrected chi connectivity index (χ3v) is 5.88. The van der Waals surface area contributed by atoms with Gasteiger partial charge in [-0.2, -0.15) is 4.31 Å². The lowest BCUT2D eigenvalue weighted by molar-refractivity contribution is -0.137. The van der Waals surface area contributed by atoms with E-state index < -0.39 is 27.9 Å². The van der Waals surface area contributed by atoms with Crippen molar-refractivity contribution in [3.63, 3.8) is 0 Å². The number of carbonyl (C=O) groups excluding carboxylic acids is 2. The Labute approximate surface area is 164 Å². The maximum absolute atomic E-state index is 12.7. The number of anilines is 1. The van der Waals surface area contributed by atoms with Gasteiger partial charge in [-0.3, -0.25) is 9.59 Å². The van der Waals surface area contributed by atoms with Crippen molar-refractivity contribution in [2.75, 3.05) is 38.8 Å². The zero-order chi connectivity index (χ0) is 20.2. The third-order valence-electron chi connectivity index (χ3n) is 4.36. The fraction of sp³-hybridized carbons (Fsp3) is 0.529. The van der Waals surface area contributed by atoms with Crippen molar-refractivity contribution in [3.8, 4) is 5.75 Å². The molecule has 2 amide bonds. The Morgan fingerprint density at radius 3 is 2.70 bits per heavy atom. The number of nitrogens with one attached hydrogen (secondary N) is 1. The van der Waals surface area contributed by atoms with Gasteiger partial charge in [-0.25, -0.2) is 8.42 Å². The lowest BCUT2D eigenvalue weighted by atomic mass is 10.0. The summed E-state index contributed by atoms with van der Waals surface area (Å²) in [4.78, 5) is 26.3. The number of rotatable bonds is 6. The number of hydrogen-bond acceptors (Lipinski definition) is 5. The van der Waals surface area contributed by atoms with Gasteiger partial charge in [-0.1, -0.05) is 18.0 Å². The van der Waals surface area contributed by atoms with Crippen molar-refractivity contribution in [2.45, 2.75) is 25.3 Å². The van der Waals surface area contributed by atoms with Gasteiger partial charge in [0.05, 0.1) is 25.6 Å². The number of amides is 2. The molecule has 1 N–H and O–H groups in total. The highest BCUT2D eigenvalue weighted by molar-refractivity contribution is 7.88. The third kappa shape index (κ3) is 5.57. The van der Waals surface area contributed by atoms with E-state index in [4.69, 9.17) is 16.3 Å². The minimum absolute atomic E-state index is 0.220. The highest BCUT2D eigenvalue weighted by Crippen LogP contribution is 2.27. The molecule has 0 bridgehead atoms. The van der Waals surface area contributed by atoms with Crippen molar-refractivity contribution in [1.29, 1.82) is 0 Å². The molecule has 1 aromatic rings. The van der Waals surface area contributed by atoms with Crippen LogP contribution in [0.4, 0.5) is 5.69 Å². The van der Waals surface area contributed by atoms with Crippen molar-refractivity contribution in [1.82, 2.24) is 9.21 Å². The molecule has 1 aliphatic heterocycles. The van der Waals surface area contributed by atoms with Crippen LogP contribution >= 0.6 is 11.6 Å². The summed E-state index contributed by atoms with van der Waals surface area (Å²) < 4.78 is 30.3. The van der Waals surface area contributed by atoms with Gasteiger partial charge in [0.2, 0.25) is 21.8 Å². The summed E-state index contributed by atoms with van der Waals surface area (Å²) in [7, 11) is -0.542. The Morgan fingerprint density at radius 2 is 2.07 bits per heavy atom. The van der Waals surface area contributed by atoms with Crippen LogP contribution in [-0.2, 0) is 19.6 Å². The molecule has 2 rings (SSSR count). The first-order valence-electron chi connectivity index (χ1n) is 8.48. The molecule has 1 aliphatic rings. The fourth-order valence-electron chi connectivity index (χ4n) is 3.06.